The van der Waals surface area contributed by atoms with Crippen LogP contribution in [0.15, 0.2) is 21.0 Å². The molecule has 1 N–H and O–H groups in total. The van der Waals surface area contributed by atoms with Gasteiger partial charge in [0.05, 0.1) is 12.6 Å². The van der Waals surface area contributed by atoms with Crippen molar-refractivity contribution in [2.75, 3.05) is 7.11 Å². The number of fused-ring (bicyclic) bond motifs is 1. The van der Waals surface area contributed by atoms with Crippen molar-refractivity contribution < 1.29 is 9.53 Å². The largest absolute Gasteiger partial charge is 0.468 e. The van der Waals surface area contributed by atoms with E-state index in [4.69, 9.17) is 0 Å². The first-order chi connectivity index (χ1) is 7.63. The number of hydrogen-bond acceptors (Lipinski definition) is 5. The number of esters is 1. The highest BCUT2D eigenvalue weighted by molar-refractivity contribution is 7.17. The molecule has 2 aromatic rings. The molecule has 0 radical (unpaired) electrons. The predicted molar refractivity (Wildman–Crippen MR) is 58.7 cm³/mol. The molecular formula is C9H8N2O4S. The first kappa shape index (κ1) is 10.6. The molecule has 2 aromatic heterocycles. The van der Waals surface area contributed by atoms with Gasteiger partial charge in [-0.1, -0.05) is 0 Å². The van der Waals surface area contributed by atoms with Crippen LogP contribution >= 0.6 is 11.3 Å². The van der Waals surface area contributed by atoms with Gasteiger partial charge in [-0.05, 0) is 11.4 Å². The monoisotopic (exact) mass is 240 g/mol. The molecule has 0 amide bonds. The number of rotatable bonds is 2. The van der Waals surface area contributed by atoms with E-state index in [1.165, 1.54) is 18.4 Å². The molecule has 2 rings (SSSR count). The maximum Gasteiger partial charge on any atom is 0.329 e. The molecule has 0 saturated carbocycles. The lowest BCUT2D eigenvalue weighted by molar-refractivity contribution is -0.141. The third-order valence-corrected chi connectivity index (χ3v) is 3.01. The summed E-state index contributed by atoms with van der Waals surface area (Å²) in [5.74, 6) is -0.636. The summed E-state index contributed by atoms with van der Waals surface area (Å²) in [6, 6.07) is 1.64. The summed E-state index contributed by atoms with van der Waals surface area (Å²) in [5, 5.41) is 1.70. The Hall–Kier alpha value is -1.89. The van der Waals surface area contributed by atoms with E-state index in [0.29, 0.717) is 10.2 Å². The molecule has 0 aromatic carbocycles. The van der Waals surface area contributed by atoms with Crippen LogP contribution in [0.1, 0.15) is 0 Å². The van der Waals surface area contributed by atoms with Gasteiger partial charge in [0.2, 0.25) is 0 Å². The zero-order valence-electron chi connectivity index (χ0n) is 8.35. The van der Waals surface area contributed by atoms with Crippen molar-refractivity contribution in [3.63, 3.8) is 0 Å². The number of hydrogen-bond donors (Lipinski definition) is 1. The lowest BCUT2D eigenvalue weighted by Crippen LogP contribution is -2.37. The van der Waals surface area contributed by atoms with Gasteiger partial charge in [0.25, 0.3) is 5.56 Å². The Morgan fingerprint density at radius 2 is 2.31 bits per heavy atom. The quantitative estimate of drug-likeness (QED) is 0.745. The fourth-order valence-electron chi connectivity index (χ4n) is 1.31. The van der Waals surface area contributed by atoms with Crippen molar-refractivity contribution in [1.82, 2.24) is 9.55 Å². The van der Waals surface area contributed by atoms with Crippen LogP contribution in [0.25, 0.3) is 10.2 Å². The zero-order valence-corrected chi connectivity index (χ0v) is 9.17. The number of aromatic nitrogens is 2. The highest BCUT2D eigenvalue weighted by Crippen LogP contribution is 2.11. The minimum Gasteiger partial charge on any atom is -0.468 e. The SMILES string of the molecule is COC(=O)Cn1c(=O)[nH]c2ccsc2c1=O. The van der Waals surface area contributed by atoms with Gasteiger partial charge in [-0.15, -0.1) is 11.3 Å². The summed E-state index contributed by atoms with van der Waals surface area (Å²) in [4.78, 5) is 36.9. The van der Waals surface area contributed by atoms with Gasteiger partial charge in [0.15, 0.2) is 0 Å². The van der Waals surface area contributed by atoms with Crippen molar-refractivity contribution in [3.05, 3.63) is 32.3 Å². The number of aromatic amines is 1. The van der Waals surface area contributed by atoms with Gasteiger partial charge in [0.1, 0.15) is 11.2 Å². The summed E-state index contributed by atoms with van der Waals surface area (Å²) in [5.41, 5.74) is -0.596. The van der Waals surface area contributed by atoms with Gasteiger partial charge >= 0.3 is 11.7 Å². The number of methoxy groups -OCH3 is 1. The second-order valence-electron chi connectivity index (χ2n) is 3.06. The Morgan fingerprint density at radius 3 is 3.00 bits per heavy atom. The molecule has 0 aliphatic carbocycles. The van der Waals surface area contributed by atoms with E-state index in [1.54, 1.807) is 11.4 Å². The van der Waals surface area contributed by atoms with E-state index in [1.807, 2.05) is 0 Å². The lowest BCUT2D eigenvalue weighted by atomic mass is 10.4. The Morgan fingerprint density at radius 1 is 1.56 bits per heavy atom. The first-order valence-corrected chi connectivity index (χ1v) is 5.28. The van der Waals surface area contributed by atoms with E-state index in [-0.39, 0.29) is 6.54 Å². The van der Waals surface area contributed by atoms with Crippen LogP contribution in [0.4, 0.5) is 0 Å². The highest BCUT2D eigenvalue weighted by Gasteiger charge is 2.11. The molecule has 0 unspecified atom stereocenters. The molecule has 0 bridgehead atoms. The van der Waals surface area contributed by atoms with Crippen molar-refractivity contribution >= 4 is 27.5 Å². The molecule has 0 fully saturated rings. The first-order valence-electron chi connectivity index (χ1n) is 4.40. The third kappa shape index (κ3) is 1.65. The fourth-order valence-corrected chi connectivity index (χ4v) is 2.11. The van der Waals surface area contributed by atoms with E-state index < -0.39 is 17.2 Å². The number of nitrogens with one attached hydrogen (secondary N) is 1. The van der Waals surface area contributed by atoms with E-state index in [0.717, 1.165) is 4.57 Å². The molecule has 6 nitrogen and oxygen atoms in total. The predicted octanol–water partition coefficient (Wildman–Crippen LogP) is -0.0757. The molecule has 0 saturated heterocycles. The van der Waals surface area contributed by atoms with Crippen LogP contribution in [-0.2, 0) is 16.1 Å². The normalized spacial score (nSPS) is 10.6. The number of nitrogens with zero attached hydrogens (tertiary/aromatic N) is 1. The van der Waals surface area contributed by atoms with E-state index in [9.17, 15) is 14.4 Å². The van der Waals surface area contributed by atoms with E-state index in [2.05, 4.69) is 9.72 Å². The van der Waals surface area contributed by atoms with Crippen LogP contribution in [0.2, 0.25) is 0 Å². The average molecular weight is 240 g/mol. The van der Waals surface area contributed by atoms with Crippen LogP contribution < -0.4 is 11.2 Å². The summed E-state index contributed by atoms with van der Waals surface area (Å²) in [7, 11) is 1.20. The van der Waals surface area contributed by atoms with E-state index >= 15 is 0 Å². The minimum atomic E-state index is -0.636. The average Bonchev–Trinajstić information content (AvgIpc) is 2.71. The van der Waals surface area contributed by atoms with Gasteiger partial charge in [-0.25, -0.2) is 9.36 Å². The summed E-state index contributed by atoms with van der Waals surface area (Å²) in [6.45, 7) is -0.376. The summed E-state index contributed by atoms with van der Waals surface area (Å²) in [6.07, 6.45) is 0. The topological polar surface area (TPSA) is 81.2 Å². The number of ether oxygens (including phenoxy) is 1. The lowest BCUT2D eigenvalue weighted by Gasteiger charge is -2.02. The van der Waals surface area contributed by atoms with Crippen molar-refractivity contribution in [2.24, 2.45) is 0 Å². The van der Waals surface area contributed by atoms with Crippen LogP contribution in [0.3, 0.4) is 0 Å². The van der Waals surface area contributed by atoms with Crippen molar-refractivity contribution in [3.8, 4) is 0 Å². The van der Waals surface area contributed by atoms with Crippen LogP contribution in [0.5, 0.6) is 0 Å². The maximum atomic E-state index is 11.8. The van der Waals surface area contributed by atoms with Gasteiger partial charge in [0, 0.05) is 0 Å². The number of carbonyl (C=O) groups is 1. The standard InChI is InChI=1S/C9H8N2O4S/c1-15-6(12)4-11-8(13)7-5(2-3-16-7)10-9(11)14/h2-3H,4H2,1H3,(H,10,14). The Labute approximate surface area is 93.1 Å². The fraction of sp³-hybridized carbons (Fsp3) is 0.222. The smallest absolute Gasteiger partial charge is 0.329 e. The number of H-pyrrole nitrogens is 1. The maximum absolute atomic E-state index is 11.8. The Kier molecular flexibility index (Phi) is 2.61. The number of thiophene rings is 1. The zero-order chi connectivity index (χ0) is 11.7. The van der Waals surface area contributed by atoms with Gasteiger partial charge in [-0.3, -0.25) is 9.59 Å². The second kappa shape index (κ2) is 3.93. The number of carbonyl (C=O) groups excluding carboxylic acids is 1. The van der Waals surface area contributed by atoms with Gasteiger partial charge in [-0.2, -0.15) is 0 Å². The molecule has 0 aliphatic heterocycles. The molecule has 7 heteroatoms. The molecule has 84 valence electrons. The van der Waals surface area contributed by atoms with Crippen molar-refractivity contribution in [2.45, 2.75) is 6.54 Å². The molecule has 2 heterocycles. The Balaban J connectivity index is 2.65. The van der Waals surface area contributed by atoms with Crippen LogP contribution in [-0.4, -0.2) is 22.6 Å². The molecule has 0 aliphatic rings. The van der Waals surface area contributed by atoms with Gasteiger partial charge < -0.3 is 9.72 Å². The second-order valence-corrected chi connectivity index (χ2v) is 3.98. The molecule has 0 spiro atoms. The summed E-state index contributed by atoms with van der Waals surface area (Å²) < 4.78 is 5.65. The summed E-state index contributed by atoms with van der Waals surface area (Å²) >= 11 is 1.22. The molecule has 0 atom stereocenters. The Bertz CT molecular complexity index is 651. The molecular weight excluding hydrogens is 232 g/mol. The van der Waals surface area contributed by atoms with Crippen LogP contribution in [0, 0.1) is 0 Å². The molecule has 16 heavy (non-hydrogen) atoms. The van der Waals surface area contributed by atoms with Crippen molar-refractivity contribution in [1.29, 1.82) is 0 Å². The minimum absolute atomic E-state index is 0.376. The highest BCUT2D eigenvalue weighted by atomic mass is 32.1. The third-order valence-electron chi connectivity index (χ3n) is 2.11.